The quantitative estimate of drug-likeness (QED) is 0.578. The minimum atomic E-state index is 0.424. The van der Waals surface area contributed by atoms with Gasteiger partial charge in [0.1, 0.15) is 0 Å². The van der Waals surface area contributed by atoms with E-state index in [0.29, 0.717) is 18.0 Å². The highest BCUT2D eigenvalue weighted by molar-refractivity contribution is 5.80. The molecule has 2 unspecified atom stereocenters. The summed E-state index contributed by atoms with van der Waals surface area (Å²) in [7, 11) is 1.86. The van der Waals surface area contributed by atoms with E-state index in [2.05, 4.69) is 70.5 Å². The molecule has 2 aliphatic heterocycles. The van der Waals surface area contributed by atoms with Crippen molar-refractivity contribution in [2.24, 2.45) is 10.9 Å². The lowest BCUT2D eigenvalue weighted by Gasteiger charge is -2.37. The summed E-state index contributed by atoms with van der Waals surface area (Å²) in [5, 5.41) is 7.20. The number of hydrogen-bond acceptors (Lipinski definition) is 4. The molecule has 156 valence electrons. The van der Waals surface area contributed by atoms with Crippen molar-refractivity contribution in [3.05, 3.63) is 29.8 Å². The van der Waals surface area contributed by atoms with Gasteiger partial charge in [-0.3, -0.25) is 9.89 Å². The lowest BCUT2D eigenvalue weighted by Crippen LogP contribution is -2.53. The summed E-state index contributed by atoms with van der Waals surface area (Å²) in [6, 6.07) is 9.74. The van der Waals surface area contributed by atoms with Crippen molar-refractivity contribution in [1.29, 1.82) is 0 Å². The summed E-state index contributed by atoms with van der Waals surface area (Å²) in [4.78, 5) is 9.47. The fourth-order valence-corrected chi connectivity index (χ4v) is 4.15. The fourth-order valence-electron chi connectivity index (χ4n) is 4.15. The highest BCUT2D eigenvalue weighted by Gasteiger charge is 2.26. The van der Waals surface area contributed by atoms with E-state index in [-0.39, 0.29) is 0 Å². The summed E-state index contributed by atoms with van der Waals surface area (Å²) >= 11 is 0. The van der Waals surface area contributed by atoms with Gasteiger partial charge in [-0.2, -0.15) is 0 Å². The molecule has 6 heteroatoms. The van der Waals surface area contributed by atoms with Gasteiger partial charge in [-0.15, -0.1) is 0 Å². The highest BCUT2D eigenvalue weighted by atomic mass is 16.5. The van der Waals surface area contributed by atoms with Crippen LogP contribution in [-0.4, -0.2) is 75.9 Å². The Morgan fingerprint density at radius 3 is 2.54 bits per heavy atom. The van der Waals surface area contributed by atoms with Crippen LogP contribution < -0.4 is 15.5 Å². The molecule has 0 saturated carbocycles. The summed E-state index contributed by atoms with van der Waals surface area (Å²) in [6.45, 7) is 13.5. The van der Waals surface area contributed by atoms with Gasteiger partial charge in [-0.1, -0.05) is 31.5 Å². The van der Waals surface area contributed by atoms with Crippen molar-refractivity contribution in [3.8, 4) is 0 Å². The standard InChI is InChI=1S/C22H37N5O/c1-17(2)21(26-11-13-28-14-12-26)15-24-22(23-4)25-19-9-10-27(16-19)20-7-5-18(3)6-8-20/h5-8,17,19,21H,9-16H2,1-4H3,(H2,23,24,25). The average molecular weight is 388 g/mol. The zero-order chi connectivity index (χ0) is 19.9. The Balaban J connectivity index is 1.49. The maximum Gasteiger partial charge on any atom is 0.191 e. The Bertz CT molecular complexity index is 624. The number of hydrogen-bond donors (Lipinski definition) is 2. The Morgan fingerprint density at radius 1 is 1.18 bits per heavy atom. The molecule has 28 heavy (non-hydrogen) atoms. The monoisotopic (exact) mass is 387 g/mol. The van der Waals surface area contributed by atoms with Gasteiger partial charge in [0.25, 0.3) is 0 Å². The van der Waals surface area contributed by atoms with Gasteiger partial charge >= 0.3 is 0 Å². The zero-order valence-electron chi connectivity index (χ0n) is 17.9. The Hall–Kier alpha value is -1.79. The van der Waals surface area contributed by atoms with E-state index >= 15 is 0 Å². The second kappa shape index (κ2) is 10.1. The van der Waals surface area contributed by atoms with Gasteiger partial charge < -0.3 is 20.3 Å². The van der Waals surface area contributed by atoms with Crippen LogP contribution in [0.1, 0.15) is 25.8 Å². The minimum Gasteiger partial charge on any atom is -0.379 e. The lowest BCUT2D eigenvalue weighted by molar-refractivity contribution is 0.00751. The molecule has 3 rings (SSSR count). The molecule has 6 nitrogen and oxygen atoms in total. The molecule has 2 heterocycles. The molecule has 2 aliphatic rings. The summed E-state index contributed by atoms with van der Waals surface area (Å²) < 4.78 is 5.52. The summed E-state index contributed by atoms with van der Waals surface area (Å²) in [5.41, 5.74) is 2.62. The molecule has 2 fully saturated rings. The number of ether oxygens (including phenoxy) is 1. The maximum absolute atomic E-state index is 5.52. The van der Waals surface area contributed by atoms with Crippen LogP contribution in [-0.2, 0) is 4.74 Å². The lowest BCUT2D eigenvalue weighted by atomic mass is 10.0. The fraction of sp³-hybridized carbons (Fsp3) is 0.682. The molecule has 0 amide bonds. The molecule has 0 bridgehead atoms. The van der Waals surface area contributed by atoms with Gasteiger partial charge in [0.2, 0.25) is 0 Å². The van der Waals surface area contributed by atoms with Crippen molar-refractivity contribution in [2.75, 3.05) is 57.9 Å². The predicted octanol–water partition coefficient (Wildman–Crippen LogP) is 2.10. The molecule has 0 spiro atoms. The average Bonchev–Trinajstić information content (AvgIpc) is 3.17. The number of anilines is 1. The van der Waals surface area contributed by atoms with Crippen LogP contribution in [0.15, 0.2) is 29.3 Å². The number of aryl methyl sites for hydroxylation is 1. The molecule has 2 saturated heterocycles. The molecule has 1 aromatic rings. The Kier molecular flexibility index (Phi) is 7.57. The van der Waals surface area contributed by atoms with Crippen molar-refractivity contribution >= 4 is 11.6 Å². The second-order valence-corrected chi connectivity index (χ2v) is 8.32. The SMILES string of the molecule is CN=C(NCC(C(C)C)N1CCOCC1)NC1CCN(c2ccc(C)cc2)C1. The first-order valence-corrected chi connectivity index (χ1v) is 10.7. The number of rotatable bonds is 6. The number of benzene rings is 1. The van der Waals surface area contributed by atoms with E-state index < -0.39 is 0 Å². The molecule has 2 N–H and O–H groups in total. The second-order valence-electron chi connectivity index (χ2n) is 8.32. The van der Waals surface area contributed by atoms with Crippen LogP contribution in [0.4, 0.5) is 5.69 Å². The summed E-state index contributed by atoms with van der Waals surface area (Å²) in [5.74, 6) is 1.50. The zero-order valence-corrected chi connectivity index (χ0v) is 17.9. The van der Waals surface area contributed by atoms with E-state index in [1.165, 1.54) is 11.3 Å². The molecule has 0 aliphatic carbocycles. The van der Waals surface area contributed by atoms with Crippen LogP contribution >= 0.6 is 0 Å². The van der Waals surface area contributed by atoms with Gasteiger partial charge in [0, 0.05) is 57.5 Å². The Labute approximate surface area is 170 Å². The maximum atomic E-state index is 5.52. The molecule has 0 aromatic heterocycles. The largest absolute Gasteiger partial charge is 0.379 e. The van der Waals surface area contributed by atoms with Crippen molar-refractivity contribution in [1.82, 2.24) is 15.5 Å². The third kappa shape index (κ3) is 5.61. The van der Waals surface area contributed by atoms with Crippen LogP contribution in [0.2, 0.25) is 0 Å². The van der Waals surface area contributed by atoms with Crippen LogP contribution in [0.25, 0.3) is 0 Å². The first-order valence-electron chi connectivity index (χ1n) is 10.7. The van der Waals surface area contributed by atoms with Crippen molar-refractivity contribution in [3.63, 3.8) is 0 Å². The Morgan fingerprint density at radius 2 is 1.89 bits per heavy atom. The number of guanidine groups is 1. The van der Waals surface area contributed by atoms with E-state index in [1.54, 1.807) is 0 Å². The van der Waals surface area contributed by atoms with Gasteiger partial charge in [-0.05, 0) is 31.4 Å². The highest BCUT2D eigenvalue weighted by Crippen LogP contribution is 2.20. The van der Waals surface area contributed by atoms with Crippen molar-refractivity contribution in [2.45, 2.75) is 39.3 Å². The smallest absolute Gasteiger partial charge is 0.191 e. The third-order valence-electron chi connectivity index (χ3n) is 5.91. The predicted molar refractivity (Wildman–Crippen MR) is 117 cm³/mol. The first-order chi connectivity index (χ1) is 13.6. The number of nitrogens with one attached hydrogen (secondary N) is 2. The number of nitrogens with zero attached hydrogens (tertiary/aromatic N) is 3. The summed E-state index contributed by atoms with van der Waals surface area (Å²) in [6.07, 6.45) is 1.13. The normalized spacial score (nSPS) is 22.5. The molecule has 2 atom stereocenters. The molecule has 1 aromatic carbocycles. The molecular formula is C22H37N5O. The van der Waals surface area contributed by atoms with E-state index in [0.717, 1.165) is 58.3 Å². The van der Waals surface area contributed by atoms with E-state index in [1.807, 2.05) is 7.05 Å². The van der Waals surface area contributed by atoms with Crippen molar-refractivity contribution < 1.29 is 4.74 Å². The third-order valence-corrected chi connectivity index (χ3v) is 5.91. The molecule has 0 radical (unpaired) electrons. The molecular weight excluding hydrogens is 350 g/mol. The number of aliphatic imine (C=N–C) groups is 1. The van der Waals surface area contributed by atoms with Crippen LogP contribution in [0.5, 0.6) is 0 Å². The van der Waals surface area contributed by atoms with E-state index in [9.17, 15) is 0 Å². The van der Waals surface area contributed by atoms with E-state index in [4.69, 9.17) is 4.74 Å². The topological polar surface area (TPSA) is 52.1 Å². The van der Waals surface area contributed by atoms with Gasteiger partial charge in [-0.25, -0.2) is 0 Å². The van der Waals surface area contributed by atoms with Gasteiger partial charge in [0.05, 0.1) is 13.2 Å². The van der Waals surface area contributed by atoms with Crippen LogP contribution in [0, 0.1) is 12.8 Å². The first kappa shape index (κ1) is 20.9. The number of morpholine rings is 1. The van der Waals surface area contributed by atoms with Gasteiger partial charge in [0.15, 0.2) is 5.96 Å². The van der Waals surface area contributed by atoms with Crippen LogP contribution in [0.3, 0.4) is 0 Å². The minimum absolute atomic E-state index is 0.424.